The van der Waals surface area contributed by atoms with Gasteiger partial charge in [0.25, 0.3) is 0 Å². The van der Waals surface area contributed by atoms with E-state index in [1.807, 2.05) is 53.1 Å². The second kappa shape index (κ2) is 11.9. The molecule has 2 N–H and O–H groups in total. The molecule has 1 aromatic heterocycles. The van der Waals surface area contributed by atoms with Gasteiger partial charge in [0, 0.05) is 37.2 Å². The summed E-state index contributed by atoms with van der Waals surface area (Å²) in [4.78, 5) is 31.7. The van der Waals surface area contributed by atoms with E-state index in [0.717, 1.165) is 54.1 Å². The Kier molecular flexibility index (Phi) is 8.15. The molecule has 0 aliphatic carbocycles. The Morgan fingerprint density at radius 1 is 1.00 bits per heavy atom. The molecule has 3 aromatic carbocycles. The van der Waals surface area contributed by atoms with Crippen LogP contribution in [0.3, 0.4) is 0 Å². The first-order valence-corrected chi connectivity index (χ1v) is 13.5. The summed E-state index contributed by atoms with van der Waals surface area (Å²) < 4.78 is 1.85. The number of carboxylic acid groups (broad SMARTS) is 1. The number of imidazole rings is 1. The summed E-state index contributed by atoms with van der Waals surface area (Å²) in [5, 5.41) is 10.4. The average Bonchev–Trinajstić information content (AvgIpc) is 3.24. The van der Waals surface area contributed by atoms with Crippen molar-refractivity contribution in [3.63, 3.8) is 0 Å². The third-order valence-electron chi connectivity index (χ3n) is 7.51. The molecular formula is C30H33ClN4O3. The molecule has 1 aliphatic rings. The van der Waals surface area contributed by atoms with E-state index in [9.17, 15) is 14.7 Å². The molecule has 198 valence electrons. The third-order valence-corrected chi connectivity index (χ3v) is 7.75. The number of fused-ring (bicyclic) bond motifs is 1. The van der Waals surface area contributed by atoms with Crippen LogP contribution in [0.2, 0.25) is 5.02 Å². The number of para-hydroxylation sites is 2. The first-order valence-electron chi connectivity index (χ1n) is 13.2. The number of hydrogen-bond donors (Lipinski definition) is 2. The second-order valence-electron chi connectivity index (χ2n) is 10.1. The van der Waals surface area contributed by atoms with Crippen molar-refractivity contribution in [2.45, 2.75) is 38.4 Å². The van der Waals surface area contributed by atoms with Crippen LogP contribution >= 0.6 is 11.6 Å². The number of rotatable bonds is 9. The van der Waals surface area contributed by atoms with Crippen LogP contribution < -0.4 is 5.69 Å². The van der Waals surface area contributed by atoms with Gasteiger partial charge < -0.3 is 15.0 Å². The van der Waals surface area contributed by atoms with Gasteiger partial charge in [0.05, 0.1) is 11.0 Å². The lowest BCUT2D eigenvalue weighted by Gasteiger charge is -2.38. The van der Waals surface area contributed by atoms with E-state index in [0.29, 0.717) is 19.5 Å². The summed E-state index contributed by atoms with van der Waals surface area (Å²) >= 11 is 6.25. The minimum Gasteiger partial charge on any atom is -0.465 e. The van der Waals surface area contributed by atoms with Crippen molar-refractivity contribution >= 4 is 28.7 Å². The van der Waals surface area contributed by atoms with Crippen LogP contribution in [0, 0.1) is 5.92 Å². The Bertz CT molecular complexity index is 1430. The van der Waals surface area contributed by atoms with Gasteiger partial charge in [0.1, 0.15) is 0 Å². The smallest absolute Gasteiger partial charge is 0.407 e. The number of H-pyrrole nitrogens is 1. The highest BCUT2D eigenvalue weighted by Crippen LogP contribution is 2.33. The summed E-state index contributed by atoms with van der Waals surface area (Å²) in [7, 11) is 0. The van der Waals surface area contributed by atoms with Crippen molar-refractivity contribution in [2.75, 3.05) is 19.6 Å². The number of hydrogen-bond acceptors (Lipinski definition) is 3. The lowest BCUT2D eigenvalue weighted by atomic mass is 9.87. The van der Waals surface area contributed by atoms with E-state index < -0.39 is 6.09 Å². The molecule has 38 heavy (non-hydrogen) atoms. The summed E-state index contributed by atoms with van der Waals surface area (Å²) in [6.07, 6.45) is 1.43. The Labute approximate surface area is 227 Å². The molecule has 1 amide bonds. The van der Waals surface area contributed by atoms with Crippen LogP contribution in [0.4, 0.5) is 4.79 Å². The number of amides is 1. The van der Waals surface area contributed by atoms with Crippen LogP contribution in [0.5, 0.6) is 0 Å². The number of aromatic nitrogens is 2. The number of nitrogens with one attached hydrogen (secondary N) is 1. The fraction of sp³-hybridized carbons (Fsp3) is 0.333. The number of nitrogens with zero attached hydrogens (tertiary/aromatic N) is 3. The van der Waals surface area contributed by atoms with E-state index in [1.165, 1.54) is 10.5 Å². The predicted molar refractivity (Wildman–Crippen MR) is 151 cm³/mol. The molecule has 1 saturated heterocycles. The summed E-state index contributed by atoms with van der Waals surface area (Å²) in [6, 6.07) is 26.0. The van der Waals surface area contributed by atoms with Gasteiger partial charge >= 0.3 is 11.8 Å². The molecule has 0 spiro atoms. The van der Waals surface area contributed by atoms with Crippen LogP contribution in [-0.4, -0.2) is 50.2 Å². The molecule has 5 rings (SSSR count). The Hall–Kier alpha value is -3.55. The van der Waals surface area contributed by atoms with Crippen molar-refractivity contribution in [3.8, 4) is 0 Å². The van der Waals surface area contributed by atoms with Crippen molar-refractivity contribution in [1.29, 1.82) is 0 Å². The molecule has 0 saturated carbocycles. The van der Waals surface area contributed by atoms with Gasteiger partial charge in [-0.25, -0.2) is 9.59 Å². The van der Waals surface area contributed by atoms with Crippen molar-refractivity contribution in [2.24, 2.45) is 5.92 Å². The van der Waals surface area contributed by atoms with Crippen molar-refractivity contribution in [1.82, 2.24) is 19.4 Å². The van der Waals surface area contributed by atoms with Gasteiger partial charge in [-0.05, 0) is 67.1 Å². The Morgan fingerprint density at radius 2 is 1.74 bits per heavy atom. The highest BCUT2D eigenvalue weighted by molar-refractivity contribution is 6.30. The molecule has 0 radical (unpaired) electrons. The summed E-state index contributed by atoms with van der Waals surface area (Å²) in [5.41, 5.74) is 3.96. The Morgan fingerprint density at radius 3 is 2.53 bits per heavy atom. The van der Waals surface area contributed by atoms with Gasteiger partial charge in [-0.3, -0.25) is 9.47 Å². The van der Waals surface area contributed by atoms with Crippen molar-refractivity contribution < 1.29 is 9.90 Å². The molecule has 2 unspecified atom stereocenters. The molecule has 1 aliphatic heterocycles. The summed E-state index contributed by atoms with van der Waals surface area (Å²) in [6.45, 7) is 3.29. The zero-order valence-electron chi connectivity index (χ0n) is 21.3. The van der Waals surface area contributed by atoms with Crippen LogP contribution in [-0.2, 0) is 13.1 Å². The van der Waals surface area contributed by atoms with E-state index in [-0.39, 0.29) is 17.6 Å². The zero-order valence-corrected chi connectivity index (χ0v) is 22.1. The van der Waals surface area contributed by atoms with E-state index in [2.05, 4.69) is 40.2 Å². The van der Waals surface area contributed by atoms with E-state index >= 15 is 0 Å². The lowest BCUT2D eigenvalue weighted by Crippen LogP contribution is -2.45. The van der Waals surface area contributed by atoms with Gasteiger partial charge in [-0.1, -0.05) is 66.2 Å². The normalized spacial score (nSPS) is 17.8. The first-order chi connectivity index (χ1) is 18.5. The monoisotopic (exact) mass is 532 g/mol. The van der Waals surface area contributed by atoms with E-state index in [4.69, 9.17) is 11.6 Å². The zero-order chi connectivity index (χ0) is 26.5. The number of benzene rings is 3. The van der Waals surface area contributed by atoms with Gasteiger partial charge in [0.2, 0.25) is 0 Å². The third kappa shape index (κ3) is 6.11. The average molecular weight is 533 g/mol. The maximum Gasteiger partial charge on any atom is 0.407 e. The lowest BCUT2D eigenvalue weighted by molar-refractivity contribution is 0.0932. The standard InChI is InChI=1S/C30H33ClN4O3/c31-25-12-6-10-23(18-25)20-33(19-22-8-2-1-3-9-22)16-7-11-24-21-34(30(37)38)17-15-27(24)35-28-14-5-4-13-26(28)32-29(35)36/h1-6,8-10,12-14,18,24,27H,7,11,15-17,19-21H2,(H,32,36)(H,37,38). The van der Waals surface area contributed by atoms with Gasteiger partial charge in [-0.2, -0.15) is 0 Å². The quantitative estimate of drug-likeness (QED) is 0.277. The molecule has 2 heterocycles. The van der Waals surface area contributed by atoms with Crippen LogP contribution in [0.25, 0.3) is 11.0 Å². The SMILES string of the molecule is O=C(O)N1CCC(n2c(=O)[nH]c3ccccc32)C(CCCN(Cc2ccccc2)Cc2cccc(Cl)c2)C1. The van der Waals surface area contributed by atoms with Gasteiger partial charge in [-0.15, -0.1) is 0 Å². The Balaban J connectivity index is 1.33. The highest BCUT2D eigenvalue weighted by Gasteiger charge is 2.34. The number of carbonyl (C=O) groups is 1. The number of aromatic amines is 1. The number of piperidine rings is 1. The highest BCUT2D eigenvalue weighted by atomic mass is 35.5. The molecule has 1 fully saturated rings. The number of likely N-dealkylation sites (tertiary alicyclic amines) is 1. The fourth-order valence-corrected chi connectivity index (χ4v) is 5.96. The molecule has 8 heteroatoms. The maximum atomic E-state index is 13.0. The molecule has 2 atom stereocenters. The molecule has 0 bridgehead atoms. The molecule has 7 nitrogen and oxygen atoms in total. The number of halogens is 1. The molecular weight excluding hydrogens is 500 g/mol. The summed E-state index contributed by atoms with van der Waals surface area (Å²) in [5.74, 6) is 0.0431. The second-order valence-corrected chi connectivity index (χ2v) is 10.6. The van der Waals surface area contributed by atoms with E-state index in [1.54, 1.807) is 0 Å². The fourth-order valence-electron chi connectivity index (χ4n) is 5.75. The minimum absolute atomic E-state index is 0.0431. The first kappa shape index (κ1) is 26.1. The minimum atomic E-state index is -0.897. The topological polar surface area (TPSA) is 81.6 Å². The molecule has 4 aromatic rings. The van der Waals surface area contributed by atoms with Crippen LogP contribution in [0.15, 0.2) is 83.7 Å². The predicted octanol–water partition coefficient (Wildman–Crippen LogP) is 6.01. The van der Waals surface area contributed by atoms with Gasteiger partial charge in [0.15, 0.2) is 0 Å². The van der Waals surface area contributed by atoms with Crippen LogP contribution in [0.1, 0.15) is 36.4 Å². The largest absolute Gasteiger partial charge is 0.465 e. The maximum absolute atomic E-state index is 13.0. The van der Waals surface area contributed by atoms with Crippen molar-refractivity contribution in [3.05, 3.63) is 105 Å².